The minimum Gasteiger partial charge on any atom is -0.396 e. The maximum Gasteiger partial charge on any atom is 0.0699 e. The average molecular weight is 179 g/mol. The molecule has 70 valence electrons. The Morgan fingerprint density at radius 2 is 2.15 bits per heavy atom. The zero-order chi connectivity index (χ0) is 9.68. The van der Waals surface area contributed by atoms with Crippen molar-refractivity contribution in [2.45, 2.75) is 13.0 Å². The number of rotatable bonds is 4. The van der Waals surface area contributed by atoms with E-state index in [2.05, 4.69) is 11.6 Å². The molecule has 13 heavy (non-hydrogen) atoms. The average Bonchev–Trinajstić information content (AvgIpc) is 2.18. The quantitative estimate of drug-likeness (QED) is 0.717. The van der Waals surface area contributed by atoms with Crippen LogP contribution in [0.2, 0.25) is 0 Å². The van der Waals surface area contributed by atoms with Crippen LogP contribution in [-0.4, -0.2) is 21.8 Å². The minimum atomic E-state index is -0.0516. The number of aliphatic hydroxyl groups is 2. The molecule has 1 aromatic rings. The molecule has 0 aliphatic heterocycles. The van der Waals surface area contributed by atoms with E-state index in [-0.39, 0.29) is 13.2 Å². The fraction of sp³-hybridized carbons (Fsp3) is 0.300. The van der Waals surface area contributed by atoms with Crippen molar-refractivity contribution in [3.05, 3.63) is 35.7 Å². The van der Waals surface area contributed by atoms with Crippen LogP contribution < -0.4 is 0 Å². The summed E-state index contributed by atoms with van der Waals surface area (Å²) in [6, 6.07) is 0. The van der Waals surface area contributed by atoms with Crippen molar-refractivity contribution >= 4 is 6.08 Å². The van der Waals surface area contributed by atoms with Crippen LogP contribution in [0.25, 0.3) is 6.08 Å². The maximum absolute atomic E-state index is 9.01. The summed E-state index contributed by atoms with van der Waals surface area (Å²) >= 11 is 0. The van der Waals surface area contributed by atoms with Crippen molar-refractivity contribution in [1.82, 2.24) is 4.98 Å². The monoisotopic (exact) mass is 179 g/mol. The van der Waals surface area contributed by atoms with E-state index in [0.717, 1.165) is 16.7 Å². The summed E-state index contributed by atoms with van der Waals surface area (Å²) in [5.41, 5.74) is 2.56. The highest BCUT2D eigenvalue weighted by molar-refractivity contribution is 5.52. The topological polar surface area (TPSA) is 53.4 Å². The highest BCUT2D eigenvalue weighted by Gasteiger charge is 2.05. The standard InChI is InChI=1S/C10H13NO2/c1-2-8-5-11-6-9(7-13)10(8)3-4-12/h2,5-6,12-13H,1,3-4,7H2. The summed E-state index contributed by atoms with van der Waals surface area (Å²) in [7, 11) is 0. The van der Waals surface area contributed by atoms with E-state index >= 15 is 0 Å². The molecule has 0 atom stereocenters. The van der Waals surface area contributed by atoms with Gasteiger partial charge in [0.2, 0.25) is 0 Å². The second-order valence-electron chi connectivity index (χ2n) is 2.70. The van der Waals surface area contributed by atoms with Crippen molar-refractivity contribution < 1.29 is 10.2 Å². The van der Waals surface area contributed by atoms with Gasteiger partial charge in [0, 0.05) is 19.0 Å². The third kappa shape index (κ3) is 2.14. The van der Waals surface area contributed by atoms with Crippen LogP contribution in [0.4, 0.5) is 0 Å². The summed E-state index contributed by atoms with van der Waals surface area (Å²) in [5, 5.41) is 17.8. The molecule has 0 fully saturated rings. The Morgan fingerprint density at radius 3 is 2.69 bits per heavy atom. The van der Waals surface area contributed by atoms with Crippen molar-refractivity contribution in [3.63, 3.8) is 0 Å². The van der Waals surface area contributed by atoms with E-state index in [1.165, 1.54) is 0 Å². The highest BCUT2D eigenvalue weighted by atomic mass is 16.3. The van der Waals surface area contributed by atoms with Crippen molar-refractivity contribution in [3.8, 4) is 0 Å². The first-order chi connectivity index (χ1) is 6.33. The van der Waals surface area contributed by atoms with Gasteiger partial charge >= 0.3 is 0 Å². The lowest BCUT2D eigenvalue weighted by atomic mass is 10.0. The zero-order valence-electron chi connectivity index (χ0n) is 7.40. The van der Waals surface area contributed by atoms with Gasteiger partial charge in [0.25, 0.3) is 0 Å². The first kappa shape index (κ1) is 9.89. The molecular formula is C10H13NO2. The lowest BCUT2D eigenvalue weighted by molar-refractivity contribution is 0.275. The van der Waals surface area contributed by atoms with Gasteiger partial charge in [-0.2, -0.15) is 0 Å². The first-order valence-corrected chi connectivity index (χ1v) is 4.13. The fourth-order valence-electron chi connectivity index (χ4n) is 1.28. The number of aliphatic hydroxyl groups excluding tert-OH is 2. The summed E-state index contributed by atoms with van der Waals surface area (Å²) in [6.07, 6.45) is 5.49. The number of nitrogens with zero attached hydrogens (tertiary/aromatic N) is 1. The SMILES string of the molecule is C=Cc1cncc(CO)c1CCO. The van der Waals surface area contributed by atoms with E-state index in [0.29, 0.717) is 6.42 Å². The number of pyridine rings is 1. The van der Waals surface area contributed by atoms with E-state index in [1.807, 2.05) is 0 Å². The lowest BCUT2D eigenvalue weighted by Gasteiger charge is -2.08. The van der Waals surface area contributed by atoms with Gasteiger partial charge in [-0.15, -0.1) is 0 Å². The third-order valence-electron chi connectivity index (χ3n) is 1.93. The molecule has 3 heteroatoms. The van der Waals surface area contributed by atoms with Crippen LogP contribution in [0.15, 0.2) is 19.0 Å². The van der Waals surface area contributed by atoms with Crippen LogP contribution in [0.3, 0.4) is 0 Å². The molecule has 0 radical (unpaired) electrons. The van der Waals surface area contributed by atoms with Gasteiger partial charge in [0.05, 0.1) is 6.61 Å². The van der Waals surface area contributed by atoms with E-state index in [9.17, 15) is 0 Å². The number of aromatic nitrogens is 1. The van der Waals surface area contributed by atoms with Crippen molar-refractivity contribution in [2.75, 3.05) is 6.61 Å². The van der Waals surface area contributed by atoms with Gasteiger partial charge in [-0.3, -0.25) is 4.98 Å². The Hall–Kier alpha value is -1.19. The van der Waals surface area contributed by atoms with Gasteiger partial charge in [-0.05, 0) is 23.1 Å². The van der Waals surface area contributed by atoms with Crippen molar-refractivity contribution in [2.24, 2.45) is 0 Å². The number of hydrogen-bond donors (Lipinski definition) is 2. The van der Waals surface area contributed by atoms with Crippen LogP contribution >= 0.6 is 0 Å². The maximum atomic E-state index is 9.01. The molecule has 0 unspecified atom stereocenters. The Morgan fingerprint density at radius 1 is 1.38 bits per heavy atom. The van der Waals surface area contributed by atoms with Gasteiger partial charge in [0.15, 0.2) is 0 Å². The molecule has 1 aromatic heterocycles. The molecule has 0 spiro atoms. The predicted molar refractivity (Wildman–Crippen MR) is 51.0 cm³/mol. The summed E-state index contributed by atoms with van der Waals surface area (Å²) in [6.45, 7) is 3.66. The Kier molecular flexibility index (Phi) is 3.61. The summed E-state index contributed by atoms with van der Waals surface area (Å²) in [4.78, 5) is 3.96. The molecule has 1 rings (SSSR count). The zero-order valence-corrected chi connectivity index (χ0v) is 7.40. The molecule has 0 aromatic carbocycles. The van der Waals surface area contributed by atoms with Gasteiger partial charge < -0.3 is 10.2 Å². The molecule has 1 heterocycles. The lowest BCUT2D eigenvalue weighted by Crippen LogP contribution is -2.01. The molecule has 0 aliphatic carbocycles. The van der Waals surface area contributed by atoms with E-state index in [4.69, 9.17) is 10.2 Å². The normalized spacial score (nSPS) is 10.0. The Bertz CT molecular complexity index is 297. The fourth-order valence-corrected chi connectivity index (χ4v) is 1.28. The molecule has 3 nitrogen and oxygen atoms in total. The molecule has 0 saturated heterocycles. The molecule has 0 amide bonds. The molecular weight excluding hydrogens is 166 g/mol. The highest BCUT2D eigenvalue weighted by Crippen LogP contribution is 2.15. The largest absolute Gasteiger partial charge is 0.396 e. The van der Waals surface area contributed by atoms with Gasteiger partial charge in [-0.1, -0.05) is 12.7 Å². The summed E-state index contributed by atoms with van der Waals surface area (Å²) < 4.78 is 0. The third-order valence-corrected chi connectivity index (χ3v) is 1.93. The second-order valence-corrected chi connectivity index (χ2v) is 2.70. The van der Waals surface area contributed by atoms with Gasteiger partial charge in [0.1, 0.15) is 0 Å². The van der Waals surface area contributed by atoms with E-state index < -0.39 is 0 Å². The minimum absolute atomic E-state index is 0.0516. The molecule has 0 saturated carbocycles. The van der Waals surface area contributed by atoms with Crippen LogP contribution in [0.5, 0.6) is 0 Å². The Balaban J connectivity index is 3.12. The summed E-state index contributed by atoms with van der Waals surface area (Å²) in [5.74, 6) is 0. The number of hydrogen-bond acceptors (Lipinski definition) is 3. The molecule has 2 N–H and O–H groups in total. The second kappa shape index (κ2) is 4.74. The van der Waals surface area contributed by atoms with E-state index in [1.54, 1.807) is 18.5 Å². The molecule has 0 bridgehead atoms. The van der Waals surface area contributed by atoms with Crippen LogP contribution in [0, 0.1) is 0 Å². The smallest absolute Gasteiger partial charge is 0.0699 e. The van der Waals surface area contributed by atoms with Crippen LogP contribution in [-0.2, 0) is 13.0 Å². The molecule has 0 aliphatic rings. The van der Waals surface area contributed by atoms with Gasteiger partial charge in [-0.25, -0.2) is 0 Å². The predicted octanol–water partition coefficient (Wildman–Crippen LogP) is 0.752. The van der Waals surface area contributed by atoms with Crippen molar-refractivity contribution in [1.29, 1.82) is 0 Å². The van der Waals surface area contributed by atoms with Crippen LogP contribution in [0.1, 0.15) is 16.7 Å². The Labute approximate surface area is 77.4 Å². The first-order valence-electron chi connectivity index (χ1n) is 4.13.